The van der Waals surface area contributed by atoms with Crippen LogP contribution in [0, 0.1) is 0 Å². The highest BCUT2D eigenvalue weighted by Crippen LogP contribution is 2.17. The molecule has 0 spiro atoms. The Morgan fingerprint density at radius 3 is 2.38 bits per heavy atom. The fourth-order valence-corrected chi connectivity index (χ4v) is 3.02. The molecule has 0 aliphatic carbocycles. The molecule has 2 N–H and O–H groups in total. The van der Waals surface area contributed by atoms with E-state index in [-0.39, 0.29) is 0 Å². The maximum Gasteiger partial charge on any atom is 0.323 e. The van der Waals surface area contributed by atoms with Crippen molar-refractivity contribution in [1.82, 2.24) is 15.1 Å². The molecule has 1 aliphatic heterocycles. The number of piperazine rings is 1. The SMILES string of the molecule is CCCNC(C)(CCCN1CC(C)N(C)C(C)C1)C(=O)O. The molecule has 0 radical (unpaired) electrons. The molecule has 1 heterocycles. The molecule has 3 atom stereocenters. The van der Waals surface area contributed by atoms with Gasteiger partial charge in [-0.05, 0) is 60.2 Å². The van der Waals surface area contributed by atoms with Gasteiger partial charge in [0, 0.05) is 25.2 Å². The van der Waals surface area contributed by atoms with Gasteiger partial charge in [0.2, 0.25) is 0 Å². The van der Waals surface area contributed by atoms with Crippen LogP contribution in [0.15, 0.2) is 0 Å². The molecule has 5 nitrogen and oxygen atoms in total. The molecule has 0 amide bonds. The highest BCUT2D eigenvalue weighted by Gasteiger charge is 2.32. The second-order valence-electron chi connectivity index (χ2n) is 6.79. The first-order valence-corrected chi connectivity index (χ1v) is 8.23. The number of rotatable bonds is 8. The van der Waals surface area contributed by atoms with Crippen LogP contribution in [0.5, 0.6) is 0 Å². The summed E-state index contributed by atoms with van der Waals surface area (Å²) in [5.74, 6) is -0.740. The fraction of sp³-hybridized carbons (Fsp3) is 0.938. The van der Waals surface area contributed by atoms with Crippen molar-refractivity contribution in [3.8, 4) is 0 Å². The van der Waals surface area contributed by atoms with Crippen molar-refractivity contribution >= 4 is 5.97 Å². The molecule has 0 aromatic heterocycles. The van der Waals surface area contributed by atoms with Crippen LogP contribution in [-0.4, -0.2) is 71.7 Å². The van der Waals surface area contributed by atoms with Gasteiger partial charge < -0.3 is 15.3 Å². The summed E-state index contributed by atoms with van der Waals surface area (Å²) in [7, 11) is 2.18. The zero-order valence-electron chi connectivity index (χ0n) is 14.4. The average Bonchev–Trinajstić information content (AvgIpc) is 2.42. The minimum Gasteiger partial charge on any atom is -0.480 e. The summed E-state index contributed by atoms with van der Waals surface area (Å²) in [6.07, 6.45) is 2.55. The van der Waals surface area contributed by atoms with E-state index in [4.69, 9.17) is 0 Å². The van der Waals surface area contributed by atoms with Crippen LogP contribution in [0.1, 0.15) is 47.0 Å². The maximum absolute atomic E-state index is 11.5. The number of carbonyl (C=O) groups is 1. The number of carboxylic acid groups (broad SMARTS) is 1. The number of hydrogen-bond donors (Lipinski definition) is 2. The number of nitrogens with one attached hydrogen (secondary N) is 1. The maximum atomic E-state index is 11.5. The predicted molar refractivity (Wildman–Crippen MR) is 86.7 cm³/mol. The average molecular weight is 299 g/mol. The lowest BCUT2D eigenvalue weighted by Gasteiger charge is -2.42. The van der Waals surface area contributed by atoms with Crippen molar-refractivity contribution in [3.05, 3.63) is 0 Å². The Balaban J connectivity index is 2.42. The summed E-state index contributed by atoms with van der Waals surface area (Å²) in [6.45, 7) is 12.3. The minimum atomic E-state index is -0.792. The van der Waals surface area contributed by atoms with Crippen LogP contribution in [0.25, 0.3) is 0 Å². The highest BCUT2D eigenvalue weighted by molar-refractivity contribution is 5.78. The van der Waals surface area contributed by atoms with Gasteiger partial charge in [-0.3, -0.25) is 9.69 Å². The van der Waals surface area contributed by atoms with E-state index in [1.54, 1.807) is 6.92 Å². The molecule has 0 bridgehead atoms. The molecular weight excluding hydrogens is 266 g/mol. The van der Waals surface area contributed by atoms with E-state index < -0.39 is 11.5 Å². The molecule has 0 aromatic rings. The van der Waals surface area contributed by atoms with Crippen LogP contribution in [-0.2, 0) is 4.79 Å². The van der Waals surface area contributed by atoms with Crippen LogP contribution in [0.2, 0.25) is 0 Å². The molecule has 1 fully saturated rings. The summed E-state index contributed by atoms with van der Waals surface area (Å²) in [6, 6.07) is 1.13. The van der Waals surface area contributed by atoms with Gasteiger partial charge in [-0.15, -0.1) is 0 Å². The molecule has 3 unspecified atom stereocenters. The Hall–Kier alpha value is -0.650. The van der Waals surface area contributed by atoms with Gasteiger partial charge in [0.1, 0.15) is 5.54 Å². The highest BCUT2D eigenvalue weighted by atomic mass is 16.4. The van der Waals surface area contributed by atoms with Gasteiger partial charge in [-0.2, -0.15) is 0 Å². The predicted octanol–water partition coefficient (Wildman–Crippen LogP) is 1.63. The lowest BCUT2D eigenvalue weighted by atomic mass is 9.95. The molecule has 0 saturated carbocycles. The summed E-state index contributed by atoms with van der Waals surface area (Å²) < 4.78 is 0. The lowest BCUT2D eigenvalue weighted by molar-refractivity contribution is -0.144. The number of carboxylic acids is 1. The molecule has 0 aromatic carbocycles. The van der Waals surface area contributed by atoms with E-state index >= 15 is 0 Å². The standard InChI is InChI=1S/C16H33N3O2/c1-6-9-17-16(4,15(20)21)8-7-10-19-11-13(2)18(5)14(3)12-19/h13-14,17H,6-12H2,1-5H3,(H,20,21). The van der Waals surface area contributed by atoms with E-state index in [2.05, 4.69) is 42.9 Å². The van der Waals surface area contributed by atoms with Crippen molar-refractivity contribution in [1.29, 1.82) is 0 Å². The number of hydrogen-bond acceptors (Lipinski definition) is 4. The first-order valence-electron chi connectivity index (χ1n) is 8.23. The lowest BCUT2D eigenvalue weighted by Crippen LogP contribution is -2.55. The van der Waals surface area contributed by atoms with Crippen molar-refractivity contribution in [2.75, 3.05) is 33.2 Å². The smallest absolute Gasteiger partial charge is 0.323 e. The first-order chi connectivity index (χ1) is 9.80. The number of likely N-dealkylation sites (N-methyl/N-ethyl adjacent to an activating group) is 1. The Kier molecular flexibility index (Phi) is 7.10. The Labute approximate surface area is 129 Å². The minimum absolute atomic E-state index is 0.567. The van der Waals surface area contributed by atoms with Gasteiger partial charge >= 0.3 is 5.97 Å². The normalized spacial score (nSPS) is 27.5. The zero-order valence-corrected chi connectivity index (χ0v) is 14.4. The van der Waals surface area contributed by atoms with Crippen LogP contribution < -0.4 is 5.32 Å². The Bertz CT molecular complexity index is 325. The van der Waals surface area contributed by atoms with Crippen molar-refractivity contribution in [2.24, 2.45) is 0 Å². The van der Waals surface area contributed by atoms with E-state index in [0.29, 0.717) is 18.5 Å². The molecule has 124 valence electrons. The molecule has 1 rings (SSSR count). The zero-order chi connectivity index (χ0) is 16.0. The third kappa shape index (κ3) is 5.24. The Morgan fingerprint density at radius 2 is 1.90 bits per heavy atom. The van der Waals surface area contributed by atoms with E-state index in [9.17, 15) is 9.90 Å². The van der Waals surface area contributed by atoms with Crippen LogP contribution >= 0.6 is 0 Å². The van der Waals surface area contributed by atoms with E-state index in [1.807, 2.05) is 0 Å². The molecule has 5 heteroatoms. The van der Waals surface area contributed by atoms with Gasteiger partial charge in [0.05, 0.1) is 0 Å². The quantitative estimate of drug-likeness (QED) is 0.713. The molecule has 21 heavy (non-hydrogen) atoms. The van der Waals surface area contributed by atoms with Crippen molar-refractivity contribution in [3.63, 3.8) is 0 Å². The van der Waals surface area contributed by atoms with Crippen LogP contribution in [0.4, 0.5) is 0 Å². The summed E-state index contributed by atoms with van der Waals surface area (Å²) in [4.78, 5) is 16.4. The van der Waals surface area contributed by atoms with E-state index in [1.165, 1.54) is 0 Å². The third-order valence-electron chi connectivity index (χ3n) is 4.82. The van der Waals surface area contributed by atoms with Crippen molar-refractivity contribution in [2.45, 2.75) is 64.6 Å². The van der Waals surface area contributed by atoms with E-state index in [0.717, 1.165) is 39.0 Å². The van der Waals surface area contributed by atoms with Gasteiger partial charge in [0.15, 0.2) is 0 Å². The third-order valence-corrected chi connectivity index (χ3v) is 4.82. The molecular formula is C16H33N3O2. The topological polar surface area (TPSA) is 55.8 Å². The van der Waals surface area contributed by atoms with Crippen molar-refractivity contribution < 1.29 is 9.90 Å². The second kappa shape index (κ2) is 8.11. The van der Waals surface area contributed by atoms with Crippen LogP contribution in [0.3, 0.4) is 0 Å². The van der Waals surface area contributed by atoms with Gasteiger partial charge in [0.25, 0.3) is 0 Å². The second-order valence-corrected chi connectivity index (χ2v) is 6.79. The summed E-state index contributed by atoms with van der Waals surface area (Å²) in [5, 5.41) is 12.6. The molecule has 1 aliphatic rings. The monoisotopic (exact) mass is 299 g/mol. The summed E-state index contributed by atoms with van der Waals surface area (Å²) >= 11 is 0. The Morgan fingerprint density at radius 1 is 1.33 bits per heavy atom. The first kappa shape index (κ1) is 18.4. The molecule has 1 saturated heterocycles. The fourth-order valence-electron chi connectivity index (χ4n) is 3.02. The largest absolute Gasteiger partial charge is 0.480 e. The van der Waals surface area contributed by atoms with Gasteiger partial charge in [-0.25, -0.2) is 0 Å². The van der Waals surface area contributed by atoms with Gasteiger partial charge in [-0.1, -0.05) is 6.92 Å². The summed E-state index contributed by atoms with van der Waals surface area (Å²) in [5.41, 5.74) is -0.792. The number of nitrogens with zero attached hydrogens (tertiary/aromatic N) is 2. The number of aliphatic carboxylic acids is 1.